The first-order chi connectivity index (χ1) is 15.2. The zero-order valence-electron chi connectivity index (χ0n) is 17.3. The molecule has 6 nitrogen and oxygen atoms in total. The van der Waals surface area contributed by atoms with Crippen LogP contribution in [0.5, 0.6) is 5.75 Å². The lowest BCUT2D eigenvalue weighted by Gasteiger charge is -2.35. The Hall–Kier alpha value is -3.12. The molecule has 1 aliphatic rings. The van der Waals surface area contributed by atoms with Crippen LogP contribution in [0, 0.1) is 0 Å². The Morgan fingerprint density at radius 2 is 1.65 bits per heavy atom. The Labute approximate surface area is 187 Å². The highest BCUT2D eigenvalue weighted by molar-refractivity contribution is 6.32. The summed E-state index contributed by atoms with van der Waals surface area (Å²) >= 11 is 6.08. The van der Waals surface area contributed by atoms with Gasteiger partial charge in [0, 0.05) is 38.2 Å². The largest absolute Gasteiger partial charge is 0.492 e. The molecule has 1 amide bonds. The minimum atomic E-state index is 0.160. The third-order valence-corrected chi connectivity index (χ3v) is 5.62. The number of halogens is 1. The molecule has 0 radical (unpaired) electrons. The molecule has 0 aliphatic carbocycles. The zero-order chi connectivity index (χ0) is 21.5. The Balaban J connectivity index is 1.21. The van der Waals surface area contributed by atoms with Gasteiger partial charge in [-0.1, -0.05) is 54.1 Å². The van der Waals surface area contributed by atoms with Crippen LogP contribution in [0.1, 0.15) is 12.8 Å². The summed E-state index contributed by atoms with van der Waals surface area (Å²) in [4.78, 5) is 16.6. The van der Waals surface area contributed by atoms with Gasteiger partial charge in [-0.15, -0.1) is 10.2 Å². The third kappa shape index (κ3) is 5.52. The van der Waals surface area contributed by atoms with Gasteiger partial charge in [0.05, 0.1) is 17.3 Å². The average Bonchev–Trinajstić information content (AvgIpc) is 2.83. The predicted octanol–water partition coefficient (Wildman–Crippen LogP) is 4.30. The quantitative estimate of drug-likeness (QED) is 0.517. The zero-order valence-corrected chi connectivity index (χ0v) is 18.0. The number of benzene rings is 2. The molecule has 0 bridgehead atoms. The van der Waals surface area contributed by atoms with E-state index in [1.54, 1.807) is 6.07 Å². The molecule has 3 aromatic rings. The van der Waals surface area contributed by atoms with Crippen LogP contribution in [0.3, 0.4) is 0 Å². The van der Waals surface area contributed by atoms with Gasteiger partial charge in [-0.05, 0) is 30.7 Å². The minimum absolute atomic E-state index is 0.160. The van der Waals surface area contributed by atoms with Gasteiger partial charge in [0.15, 0.2) is 5.82 Å². The number of carbonyl (C=O) groups is 1. The van der Waals surface area contributed by atoms with Crippen molar-refractivity contribution in [1.29, 1.82) is 0 Å². The average molecular weight is 437 g/mol. The van der Waals surface area contributed by atoms with E-state index in [2.05, 4.69) is 15.1 Å². The number of ether oxygens (including phenoxy) is 1. The van der Waals surface area contributed by atoms with Crippen molar-refractivity contribution in [3.05, 3.63) is 71.8 Å². The minimum Gasteiger partial charge on any atom is -0.492 e. The molecule has 0 saturated carbocycles. The van der Waals surface area contributed by atoms with Crippen LogP contribution >= 0.6 is 11.6 Å². The maximum atomic E-state index is 12.5. The van der Waals surface area contributed by atoms with Crippen LogP contribution in [-0.2, 0) is 4.79 Å². The molecule has 0 spiro atoms. The first-order valence-electron chi connectivity index (χ1n) is 10.5. The fourth-order valence-electron chi connectivity index (χ4n) is 3.57. The van der Waals surface area contributed by atoms with Crippen LogP contribution in [0.25, 0.3) is 11.3 Å². The van der Waals surface area contributed by atoms with Crippen molar-refractivity contribution in [1.82, 2.24) is 15.1 Å². The Kier molecular flexibility index (Phi) is 6.99. The van der Waals surface area contributed by atoms with E-state index in [0.29, 0.717) is 43.3 Å². The third-order valence-electron chi connectivity index (χ3n) is 5.31. The number of para-hydroxylation sites is 1. The molecule has 2 aromatic carbocycles. The number of hydrogen-bond acceptors (Lipinski definition) is 5. The van der Waals surface area contributed by atoms with E-state index in [1.807, 2.05) is 65.6 Å². The summed E-state index contributed by atoms with van der Waals surface area (Å²) < 4.78 is 5.66. The van der Waals surface area contributed by atoms with E-state index in [1.165, 1.54) is 0 Å². The molecule has 0 atom stereocenters. The molecule has 160 valence electrons. The summed E-state index contributed by atoms with van der Waals surface area (Å²) in [5.41, 5.74) is 1.91. The van der Waals surface area contributed by atoms with Gasteiger partial charge in [-0.2, -0.15) is 0 Å². The molecule has 1 saturated heterocycles. The van der Waals surface area contributed by atoms with Gasteiger partial charge in [0.1, 0.15) is 5.75 Å². The molecule has 2 heterocycles. The summed E-state index contributed by atoms with van der Waals surface area (Å²) in [5, 5.41) is 9.34. The number of hydrogen-bond donors (Lipinski definition) is 0. The maximum Gasteiger partial charge on any atom is 0.222 e. The number of rotatable bonds is 7. The molecule has 0 N–H and O–H groups in total. The molecule has 1 aliphatic heterocycles. The fraction of sp³-hybridized carbons (Fsp3) is 0.292. The van der Waals surface area contributed by atoms with Gasteiger partial charge >= 0.3 is 0 Å². The topological polar surface area (TPSA) is 58.6 Å². The second kappa shape index (κ2) is 10.3. The number of amides is 1. The van der Waals surface area contributed by atoms with Gasteiger partial charge in [0.25, 0.3) is 0 Å². The van der Waals surface area contributed by atoms with Crippen molar-refractivity contribution in [3.63, 3.8) is 0 Å². The second-order valence-corrected chi connectivity index (χ2v) is 7.80. The van der Waals surface area contributed by atoms with E-state index in [9.17, 15) is 4.79 Å². The van der Waals surface area contributed by atoms with E-state index < -0.39 is 0 Å². The van der Waals surface area contributed by atoms with E-state index in [4.69, 9.17) is 16.3 Å². The Morgan fingerprint density at radius 1 is 0.903 bits per heavy atom. The van der Waals surface area contributed by atoms with Crippen molar-refractivity contribution in [2.24, 2.45) is 0 Å². The van der Waals surface area contributed by atoms with Gasteiger partial charge < -0.3 is 14.5 Å². The van der Waals surface area contributed by atoms with Gasteiger partial charge in [-0.3, -0.25) is 4.79 Å². The number of aromatic nitrogens is 2. The fourth-order valence-corrected chi connectivity index (χ4v) is 3.76. The van der Waals surface area contributed by atoms with Crippen LogP contribution in [0.15, 0.2) is 66.7 Å². The first-order valence-corrected chi connectivity index (χ1v) is 10.9. The van der Waals surface area contributed by atoms with E-state index >= 15 is 0 Å². The van der Waals surface area contributed by atoms with Crippen LogP contribution < -0.4 is 9.64 Å². The van der Waals surface area contributed by atoms with Crippen LogP contribution in [-0.4, -0.2) is 53.8 Å². The van der Waals surface area contributed by atoms with Gasteiger partial charge in [0.2, 0.25) is 5.91 Å². The highest BCUT2D eigenvalue weighted by Gasteiger charge is 2.22. The summed E-state index contributed by atoms with van der Waals surface area (Å²) in [6.07, 6.45) is 1.13. The summed E-state index contributed by atoms with van der Waals surface area (Å²) in [7, 11) is 0. The monoisotopic (exact) mass is 436 g/mol. The number of carbonyl (C=O) groups excluding carboxylic acids is 1. The number of nitrogens with zero attached hydrogens (tertiary/aromatic N) is 4. The lowest BCUT2D eigenvalue weighted by molar-refractivity contribution is -0.131. The number of piperazine rings is 1. The molecule has 1 aromatic heterocycles. The number of anilines is 1. The lowest BCUT2D eigenvalue weighted by atomic mass is 10.1. The SMILES string of the molecule is O=C(CCCOc1ccccc1Cl)N1CCN(c2ccc(-c3ccccc3)nn2)CC1. The van der Waals surface area contributed by atoms with Gasteiger partial charge in [-0.25, -0.2) is 0 Å². The van der Waals surface area contributed by atoms with Crippen LogP contribution in [0.4, 0.5) is 5.82 Å². The highest BCUT2D eigenvalue weighted by atomic mass is 35.5. The molecular weight excluding hydrogens is 412 g/mol. The smallest absolute Gasteiger partial charge is 0.222 e. The molecule has 31 heavy (non-hydrogen) atoms. The molecule has 1 fully saturated rings. The molecule has 7 heteroatoms. The summed E-state index contributed by atoms with van der Waals surface area (Å²) in [6, 6.07) is 21.4. The summed E-state index contributed by atoms with van der Waals surface area (Å²) in [6.45, 7) is 3.35. The standard InChI is InChI=1S/C24H25ClN4O2/c25-20-9-4-5-10-22(20)31-18-6-11-24(30)29-16-14-28(15-17-29)23-13-12-21(26-27-23)19-7-2-1-3-8-19/h1-5,7-10,12-13H,6,11,14-18H2. The predicted molar refractivity (Wildman–Crippen MR) is 122 cm³/mol. The Bertz CT molecular complexity index is 990. The van der Waals surface area contributed by atoms with Crippen molar-refractivity contribution >= 4 is 23.3 Å². The van der Waals surface area contributed by atoms with E-state index in [0.717, 1.165) is 30.2 Å². The normalized spacial score (nSPS) is 13.8. The first kappa shape index (κ1) is 21.1. The van der Waals surface area contributed by atoms with Crippen molar-refractivity contribution in [2.45, 2.75) is 12.8 Å². The van der Waals surface area contributed by atoms with Crippen molar-refractivity contribution in [2.75, 3.05) is 37.7 Å². The van der Waals surface area contributed by atoms with Crippen LogP contribution in [0.2, 0.25) is 5.02 Å². The maximum absolute atomic E-state index is 12.5. The molecule has 0 unspecified atom stereocenters. The van der Waals surface area contributed by atoms with Crippen molar-refractivity contribution < 1.29 is 9.53 Å². The highest BCUT2D eigenvalue weighted by Crippen LogP contribution is 2.23. The molecular formula is C24H25ClN4O2. The Morgan fingerprint density at radius 3 is 2.35 bits per heavy atom. The second-order valence-electron chi connectivity index (χ2n) is 7.39. The van der Waals surface area contributed by atoms with E-state index in [-0.39, 0.29) is 5.91 Å². The summed E-state index contributed by atoms with van der Waals surface area (Å²) in [5.74, 6) is 1.66. The lowest BCUT2D eigenvalue weighted by Crippen LogP contribution is -2.49. The molecule has 4 rings (SSSR count). The van der Waals surface area contributed by atoms with Crippen molar-refractivity contribution in [3.8, 4) is 17.0 Å².